The number of amides is 1. The summed E-state index contributed by atoms with van der Waals surface area (Å²) in [5.74, 6) is 0.430. The summed E-state index contributed by atoms with van der Waals surface area (Å²) in [6.45, 7) is -0.306. The zero-order valence-electron chi connectivity index (χ0n) is 15.7. The highest BCUT2D eigenvalue weighted by Gasteiger charge is 2.12. The van der Waals surface area contributed by atoms with Gasteiger partial charge in [-0.25, -0.2) is 5.43 Å². The maximum Gasteiger partial charge on any atom is 0.277 e. The molecular weight excluding hydrogens is 445 g/mol. The molecule has 0 aliphatic heterocycles. The van der Waals surface area contributed by atoms with E-state index in [-0.39, 0.29) is 33.6 Å². The fraction of sp³-hybridized carbons (Fsp3) is 0.0476. The first kappa shape index (κ1) is 20.6. The summed E-state index contributed by atoms with van der Waals surface area (Å²) >= 11 is 12.0. The van der Waals surface area contributed by atoms with Crippen LogP contribution in [-0.2, 0) is 4.79 Å². The SMILES string of the molecule is O=C(COc1ccccc1-c1ccno1)N/N=C/c1coc2c(Cl)cc(Cl)cc2c1=O. The molecule has 0 atom stereocenters. The number of benzene rings is 2. The molecule has 0 aliphatic carbocycles. The number of nitrogens with zero attached hydrogens (tertiary/aromatic N) is 2. The van der Waals surface area contributed by atoms with Gasteiger partial charge in [0.15, 0.2) is 18.0 Å². The molecule has 0 fully saturated rings. The Morgan fingerprint density at radius 1 is 1.23 bits per heavy atom. The molecular formula is C21H13Cl2N3O5. The van der Waals surface area contributed by atoms with Crippen LogP contribution in [0.3, 0.4) is 0 Å². The van der Waals surface area contributed by atoms with Gasteiger partial charge in [-0.1, -0.05) is 40.5 Å². The van der Waals surface area contributed by atoms with E-state index in [1.54, 1.807) is 24.3 Å². The summed E-state index contributed by atoms with van der Waals surface area (Å²) in [5.41, 5.74) is 2.89. The van der Waals surface area contributed by atoms with Gasteiger partial charge in [0.05, 0.1) is 33.9 Å². The number of ether oxygens (including phenoxy) is 1. The summed E-state index contributed by atoms with van der Waals surface area (Å²) < 4.78 is 16.1. The van der Waals surface area contributed by atoms with E-state index in [2.05, 4.69) is 15.7 Å². The average molecular weight is 458 g/mol. The predicted molar refractivity (Wildman–Crippen MR) is 116 cm³/mol. The Bertz CT molecular complexity index is 1330. The van der Waals surface area contributed by atoms with Crippen molar-refractivity contribution in [2.75, 3.05) is 6.61 Å². The molecule has 8 nitrogen and oxygen atoms in total. The minimum atomic E-state index is -0.528. The van der Waals surface area contributed by atoms with Gasteiger partial charge in [-0.3, -0.25) is 9.59 Å². The van der Waals surface area contributed by atoms with Crippen LogP contribution in [-0.4, -0.2) is 23.9 Å². The fourth-order valence-corrected chi connectivity index (χ4v) is 3.31. The molecule has 0 spiro atoms. The third-order valence-electron chi connectivity index (χ3n) is 4.16. The number of rotatable bonds is 6. The van der Waals surface area contributed by atoms with Crippen molar-refractivity contribution in [2.45, 2.75) is 0 Å². The first-order valence-corrected chi connectivity index (χ1v) is 9.64. The molecule has 0 radical (unpaired) electrons. The number of nitrogens with one attached hydrogen (secondary N) is 1. The van der Waals surface area contributed by atoms with Gasteiger partial charge in [0, 0.05) is 11.1 Å². The van der Waals surface area contributed by atoms with Crippen molar-refractivity contribution in [1.82, 2.24) is 10.6 Å². The van der Waals surface area contributed by atoms with Crippen LogP contribution in [0.15, 0.2) is 73.8 Å². The first-order chi connectivity index (χ1) is 15.0. The lowest BCUT2D eigenvalue weighted by Gasteiger charge is -2.08. The van der Waals surface area contributed by atoms with Gasteiger partial charge >= 0.3 is 0 Å². The molecule has 0 bridgehead atoms. The number of hydrogen-bond acceptors (Lipinski definition) is 7. The lowest BCUT2D eigenvalue weighted by molar-refractivity contribution is -0.123. The third kappa shape index (κ3) is 4.60. The first-order valence-electron chi connectivity index (χ1n) is 8.88. The molecule has 0 aliphatic rings. The van der Waals surface area contributed by atoms with Gasteiger partial charge in [-0.05, 0) is 24.3 Å². The second-order valence-electron chi connectivity index (χ2n) is 6.24. The number of para-hydroxylation sites is 1. The lowest BCUT2D eigenvalue weighted by atomic mass is 10.1. The van der Waals surface area contributed by atoms with E-state index < -0.39 is 5.91 Å². The summed E-state index contributed by atoms with van der Waals surface area (Å²) in [5, 5.41) is 8.17. The van der Waals surface area contributed by atoms with Crippen LogP contribution < -0.4 is 15.6 Å². The Labute approximate surface area is 185 Å². The molecule has 10 heteroatoms. The van der Waals surface area contributed by atoms with Gasteiger partial charge in [-0.2, -0.15) is 5.10 Å². The van der Waals surface area contributed by atoms with Gasteiger partial charge in [0.1, 0.15) is 12.0 Å². The number of carbonyl (C=O) groups excluding carboxylic acids is 1. The fourth-order valence-electron chi connectivity index (χ4n) is 2.77. The van der Waals surface area contributed by atoms with Crippen molar-refractivity contribution in [3.8, 4) is 17.1 Å². The van der Waals surface area contributed by atoms with E-state index in [1.807, 2.05) is 6.07 Å². The maximum absolute atomic E-state index is 12.5. The molecule has 0 saturated carbocycles. The number of hydrogen-bond donors (Lipinski definition) is 1. The number of halogens is 2. The molecule has 156 valence electrons. The molecule has 0 unspecified atom stereocenters. The summed E-state index contributed by atoms with van der Waals surface area (Å²) in [6.07, 6.45) is 3.88. The predicted octanol–water partition coefficient (Wildman–Crippen LogP) is 4.28. The molecule has 4 rings (SSSR count). The molecule has 2 heterocycles. The van der Waals surface area contributed by atoms with Crippen molar-refractivity contribution in [3.05, 3.63) is 80.8 Å². The maximum atomic E-state index is 12.5. The Kier molecular flexibility index (Phi) is 6.01. The Hall–Kier alpha value is -3.62. The van der Waals surface area contributed by atoms with Gasteiger partial charge in [0.25, 0.3) is 5.91 Å². The number of carbonyl (C=O) groups is 1. The van der Waals surface area contributed by atoms with Crippen LogP contribution in [0.4, 0.5) is 0 Å². The van der Waals surface area contributed by atoms with Crippen molar-refractivity contribution < 1.29 is 18.5 Å². The van der Waals surface area contributed by atoms with Crippen molar-refractivity contribution in [2.24, 2.45) is 5.10 Å². The molecule has 2 aromatic carbocycles. The van der Waals surface area contributed by atoms with Gasteiger partial charge in [-0.15, -0.1) is 0 Å². The second-order valence-corrected chi connectivity index (χ2v) is 7.08. The number of aromatic nitrogens is 1. The van der Waals surface area contributed by atoms with E-state index >= 15 is 0 Å². The molecule has 31 heavy (non-hydrogen) atoms. The summed E-state index contributed by atoms with van der Waals surface area (Å²) in [6, 6.07) is 11.7. The standard InChI is InChI=1S/C21H13Cl2N3O5/c22-13-7-15-20(28)12(10-30-21(15)16(23)8-13)9-24-26-19(27)11-29-17-4-2-1-3-14(17)18-5-6-25-31-18/h1-10H,11H2,(H,26,27)/b24-9+. The van der Waals surface area contributed by atoms with E-state index in [0.717, 1.165) is 0 Å². The van der Waals surface area contributed by atoms with Crippen LogP contribution in [0.2, 0.25) is 10.0 Å². The van der Waals surface area contributed by atoms with Crippen molar-refractivity contribution in [1.29, 1.82) is 0 Å². The Balaban J connectivity index is 1.42. The normalized spacial score (nSPS) is 11.2. The van der Waals surface area contributed by atoms with Crippen LogP contribution >= 0.6 is 23.2 Å². The topological polar surface area (TPSA) is 107 Å². The molecule has 0 saturated heterocycles. The lowest BCUT2D eigenvalue weighted by Crippen LogP contribution is -2.25. The highest BCUT2D eigenvalue weighted by molar-refractivity contribution is 6.38. The van der Waals surface area contributed by atoms with E-state index in [1.165, 1.54) is 30.8 Å². The second kappa shape index (κ2) is 9.03. The molecule has 1 amide bonds. The highest BCUT2D eigenvalue weighted by atomic mass is 35.5. The highest BCUT2D eigenvalue weighted by Crippen LogP contribution is 2.29. The molecule has 1 N–H and O–H groups in total. The van der Waals surface area contributed by atoms with Crippen LogP contribution in [0.1, 0.15) is 5.56 Å². The van der Waals surface area contributed by atoms with Crippen LogP contribution in [0.25, 0.3) is 22.3 Å². The zero-order valence-corrected chi connectivity index (χ0v) is 17.2. The van der Waals surface area contributed by atoms with E-state index in [9.17, 15) is 9.59 Å². The van der Waals surface area contributed by atoms with Crippen molar-refractivity contribution in [3.63, 3.8) is 0 Å². The monoisotopic (exact) mass is 457 g/mol. The quantitative estimate of drug-likeness (QED) is 0.341. The van der Waals surface area contributed by atoms with Crippen molar-refractivity contribution >= 4 is 46.3 Å². The number of fused-ring (bicyclic) bond motifs is 1. The van der Waals surface area contributed by atoms with Crippen LogP contribution in [0.5, 0.6) is 5.75 Å². The summed E-state index contributed by atoms with van der Waals surface area (Å²) in [7, 11) is 0. The van der Waals surface area contributed by atoms with Crippen LogP contribution in [0, 0.1) is 0 Å². The number of hydrazone groups is 1. The molecule has 2 aromatic heterocycles. The van der Waals surface area contributed by atoms with Gasteiger partial charge in [0.2, 0.25) is 5.43 Å². The van der Waals surface area contributed by atoms with Gasteiger partial charge < -0.3 is 13.7 Å². The minimum absolute atomic E-state index is 0.114. The van der Waals surface area contributed by atoms with E-state index in [4.69, 9.17) is 36.9 Å². The average Bonchev–Trinajstić information content (AvgIpc) is 3.29. The Morgan fingerprint density at radius 3 is 2.87 bits per heavy atom. The zero-order chi connectivity index (χ0) is 21.8. The molecule has 4 aromatic rings. The van der Waals surface area contributed by atoms with E-state index in [0.29, 0.717) is 22.1 Å². The largest absolute Gasteiger partial charge is 0.483 e. The smallest absolute Gasteiger partial charge is 0.277 e. The Morgan fingerprint density at radius 2 is 2.06 bits per heavy atom. The summed E-state index contributed by atoms with van der Waals surface area (Å²) in [4.78, 5) is 24.6. The third-order valence-corrected chi connectivity index (χ3v) is 4.66. The minimum Gasteiger partial charge on any atom is -0.483 e.